The topological polar surface area (TPSA) is 51.6 Å². The molecule has 0 unspecified atom stereocenters. The van der Waals surface area contributed by atoms with E-state index in [1.165, 1.54) is 0 Å². The lowest BCUT2D eigenvalue weighted by Gasteiger charge is -2.14. The fraction of sp³-hybridized carbons (Fsp3) is 0.476. The third-order valence-electron chi connectivity index (χ3n) is 4.23. The van der Waals surface area contributed by atoms with E-state index in [0.29, 0.717) is 35.8 Å². The summed E-state index contributed by atoms with van der Waals surface area (Å²) in [6.07, 6.45) is 5.29. The monoisotopic (exact) mass is 377 g/mol. The maximum Gasteiger partial charge on any atom is 0.171 e. The van der Waals surface area contributed by atoms with Crippen LogP contribution < -0.4 is 9.47 Å². The number of hydrogen-bond acceptors (Lipinski definition) is 4. The second-order valence-corrected chi connectivity index (χ2v) is 7.18. The third kappa shape index (κ3) is 6.10. The summed E-state index contributed by atoms with van der Waals surface area (Å²) in [6.45, 7) is 7.42. The number of aromatic nitrogens is 1. The Morgan fingerprint density at radius 3 is 2.42 bits per heavy atom. The number of pyridine rings is 1. The molecule has 0 radical (unpaired) electrons. The van der Waals surface area contributed by atoms with E-state index in [1.807, 2.05) is 19.1 Å². The third-order valence-corrected chi connectivity index (χ3v) is 4.52. The van der Waals surface area contributed by atoms with Crippen molar-refractivity contribution in [1.82, 2.24) is 4.98 Å². The molecule has 0 saturated carbocycles. The van der Waals surface area contributed by atoms with Crippen molar-refractivity contribution in [1.29, 1.82) is 0 Å². The average molecular weight is 378 g/mol. The predicted octanol–water partition coefficient (Wildman–Crippen LogP) is 5.58. The van der Waals surface area contributed by atoms with Crippen molar-refractivity contribution < 1.29 is 14.6 Å². The van der Waals surface area contributed by atoms with Gasteiger partial charge in [0.1, 0.15) is 11.5 Å². The van der Waals surface area contributed by atoms with Crippen LogP contribution in [0, 0.1) is 12.8 Å². The summed E-state index contributed by atoms with van der Waals surface area (Å²) in [4.78, 5) is 3.97. The van der Waals surface area contributed by atoms with Gasteiger partial charge in [0.15, 0.2) is 10.9 Å². The van der Waals surface area contributed by atoms with Crippen molar-refractivity contribution in [3.63, 3.8) is 0 Å². The van der Waals surface area contributed by atoms with Crippen molar-refractivity contribution in [3.8, 4) is 17.2 Å². The Labute approximate surface area is 161 Å². The summed E-state index contributed by atoms with van der Waals surface area (Å²) in [5, 5.41) is 10.7. The highest BCUT2D eigenvalue weighted by Crippen LogP contribution is 2.31. The Balaban J connectivity index is 1.74. The number of hydrogen-bond donors (Lipinski definition) is 1. The van der Waals surface area contributed by atoms with Crippen LogP contribution in [-0.2, 0) is 6.42 Å². The lowest BCUT2D eigenvalue weighted by atomic mass is 10.00. The molecule has 5 heteroatoms. The largest absolute Gasteiger partial charge is 0.507 e. The smallest absolute Gasteiger partial charge is 0.171 e. The molecule has 2 aromatic rings. The number of phenols is 1. The molecule has 142 valence electrons. The Hall–Kier alpha value is -1.94. The molecule has 0 amide bonds. The molecule has 1 N–H and O–H groups in total. The summed E-state index contributed by atoms with van der Waals surface area (Å²) < 4.78 is 11.4. The summed E-state index contributed by atoms with van der Waals surface area (Å²) in [6, 6.07) is 7.52. The van der Waals surface area contributed by atoms with E-state index in [4.69, 9.17) is 21.1 Å². The summed E-state index contributed by atoms with van der Waals surface area (Å²) >= 11 is 5.94. The zero-order valence-corrected chi connectivity index (χ0v) is 16.6. The van der Waals surface area contributed by atoms with Gasteiger partial charge in [0.2, 0.25) is 0 Å². The minimum absolute atomic E-state index is 0.359. The Bertz CT molecular complexity index is 704. The van der Waals surface area contributed by atoms with Gasteiger partial charge in [-0.2, -0.15) is 0 Å². The molecule has 0 fully saturated rings. The second kappa shape index (κ2) is 10.3. The Kier molecular flexibility index (Phi) is 8.05. The van der Waals surface area contributed by atoms with Crippen LogP contribution in [-0.4, -0.2) is 23.3 Å². The molecule has 26 heavy (non-hydrogen) atoms. The predicted molar refractivity (Wildman–Crippen MR) is 105 cm³/mol. The fourth-order valence-corrected chi connectivity index (χ4v) is 2.76. The number of unbranched alkanes of at least 4 members (excludes halogenated alkanes) is 1. The normalized spacial score (nSPS) is 11.0. The molecule has 2 rings (SSSR count). The van der Waals surface area contributed by atoms with Gasteiger partial charge in [-0.25, -0.2) is 4.98 Å². The van der Waals surface area contributed by atoms with E-state index in [-0.39, 0.29) is 0 Å². The highest BCUT2D eigenvalue weighted by Gasteiger charge is 2.10. The molecule has 0 aliphatic carbocycles. The van der Waals surface area contributed by atoms with Crippen LogP contribution >= 0.6 is 11.6 Å². The molecule has 1 heterocycles. The molecule has 0 bridgehead atoms. The second-order valence-electron chi connectivity index (χ2n) is 6.83. The molecule has 0 atom stereocenters. The van der Waals surface area contributed by atoms with Gasteiger partial charge in [-0.15, -0.1) is 0 Å². The average Bonchev–Trinajstić information content (AvgIpc) is 2.62. The molecule has 0 saturated heterocycles. The van der Waals surface area contributed by atoms with Crippen molar-refractivity contribution in [3.05, 3.63) is 46.7 Å². The summed E-state index contributed by atoms with van der Waals surface area (Å²) in [5.74, 6) is 2.33. The van der Waals surface area contributed by atoms with E-state index >= 15 is 0 Å². The van der Waals surface area contributed by atoms with Crippen molar-refractivity contribution in [2.24, 2.45) is 5.92 Å². The minimum Gasteiger partial charge on any atom is -0.507 e. The molecular weight excluding hydrogens is 350 g/mol. The van der Waals surface area contributed by atoms with E-state index in [1.54, 1.807) is 18.3 Å². The quantitative estimate of drug-likeness (QED) is 0.434. The van der Waals surface area contributed by atoms with E-state index in [2.05, 4.69) is 18.8 Å². The van der Waals surface area contributed by atoms with E-state index in [0.717, 1.165) is 42.6 Å². The maximum absolute atomic E-state index is 10.4. The van der Waals surface area contributed by atoms with Gasteiger partial charge in [-0.05, 0) is 62.3 Å². The van der Waals surface area contributed by atoms with Gasteiger partial charge >= 0.3 is 0 Å². The van der Waals surface area contributed by atoms with Crippen molar-refractivity contribution in [2.75, 3.05) is 13.2 Å². The number of aryl methyl sites for hydroxylation is 1. The lowest BCUT2D eigenvalue weighted by molar-refractivity contribution is 0.264. The molecule has 1 aromatic carbocycles. The van der Waals surface area contributed by atoms with Gasteiger partial charge in [0, 0.05) is 11.8 Å². The fourth-order valence-electron chi connectivity index (χ4n) is 2.59. The molecule has 0 spiro atoms. The first-order chi connectivity index (χ1) is 12.5. The Morgan fingerprint density at radius 1 is 1.08 bits per heavy atom. The molecule has 0 aliphatic rings. The molecular formula is C21H28ClNO3. The van der Waals surface area contributed by atoms with Crippen LogP contribution in [0.4, 0.5) is 0 Å². The van der Waals surface area contributed by atoms with Gasteiger partial charge < -0.3 is 14.6 Å². The number of ether oxygens (including phenoxy) is 2. The highest BCUT2D eigenvalue weighted by atomic mass is 35.5. The molecule has 1 aromatic heterocycles. The number of phenolic OH excluding ortho intramolecular Hbond substituents is 1. The van der Waals surface area contributed by atoms with Crippen LogP contribution in [0.1, 0.15) is 44.2 Å². The zero-order valence-electron chi connectivity index (χ0n) is 15.8. The van der Waals surface area contributed by atoms with Crippen LogP contribution in [0.3, 0.4) is 0 Å². The van der Waals surface area contributed by atoms with Gasteiger partial charge in [0.05, 0.1) is 13.2 Å². The zero-order chi connectivity index (χ0) is 18.9. The number of aromatic hydroxyl groups is 1. The SMILES string of the molecule is Cc1c(OCCCCOc2cccnc2Cl)ccc(CCC(C)C)c1O. The van der Waals surface area contributed by atoms with Crippen molar-refractivity contribution >= 4 is 11.6 Å². The summed E-state index contributed by atoms with van der Waals surface area (Å²) in [7, 11) is 0. The Morgan fingerprint density at radius 2 is 1.77 bits per heavy atom. The first kappa shape index (κ1) is 20.4. The number of halogens is 1. The van der Waals surface area contributed by atoms with E-state index in [9.17, 15) is 5.11 Å². The standard InChI is InChI=1S/C21H28ClNO3/c1-15(2)8-9-17-10-11-18(16(3)20(17)24)25-13-4-5-14-26-19-7-6-12-23-21(19)22/h6-7,10-12,15,24H,4-5,8-9,13-14H2,1-3H3. The molecule has 4 nitrogen and oxygen atoms in total. The van der Waals surface area contributed by atoms with Gasteiger partial charge in [0.25, 0.3) is 0 Å². The van der Waals surface area contributed by atoms with E-state index < -0.39 is 0 Å². The number of benzene rings is 1. The molecule has 0 aliphatic heterocycles. The van der Waals surface area contributed by atoms with Crippen LogP contribution in [0.5, 0.6) is 17.2 Å². The van der Waals surface area contributed by atoms with Crippen LogP contribution in [0.2, 0.25) is 5.15 Å². The number of nitrogens with zero attached hydrogens (tertiary/aromatic N) is 1. The lowest BCUT2D eigenvalue weighted by Crippen LogP contribution is -2.04. The first-order valence-corrected chi connectivity index (χ1v) is 9.54. The van der Waals surface area contributed by atoms with Crippen LogP contribution in [0.25, 0.3) is 0 Å². The highest BCUT2D eigenvalue weighted by molar-refractivity contribution is 6.30. The summed E-state index contributed by atoms with van der Waals surface area (Å²) in [5.41, 5.74) is 1.80. The maximum atomic E-state index is 10.4. The number of rotatable bonds is 10. The van der Waals surface area contributed by atoms with Gasteiger partial charge in [-0.3, -0.25) is 0 Å². The van der Waals surface area contributed by atoms with Crippen LogP contribution in [0.15, 0.2) is 30.5 Å². The van der Waals surface area contributed by atoms with Crippen molar-refractivity contribution in [2.45, 2.75) is 46.5 Å². The van der Waals surface area contributed by atoms with Gasteiger partial charge in [-0.1, -0.05) is 31.5 Å². The minimum atomic E-state index is 0.359. The first-order valence-electron chi connectivity index (χ1n) is 9.16.